The second kappa shape index (κ2) is 4.83. The number of halogens is 3. The van der Waals surface area contributed by atoms with Crippen LogP contribution in [0.4, 0.5) is 19.0 Å². The van der Waals surface area contributed by atoms with E-state index in [0.29, 0.717) is 17.0 Å². The van der Waals surface area contributed by atoms with Crippen molar-refractivity contribution in [1.82, 2.24) is 15.2 Å². The number of hydrogen-bond donors (Lipinski definition) is 2. The largest absolute Gasteiger partial charge is 0.507 e. The summed E-state index contributed by atoms with van der Waals surface area (Å²) in [6, 6.07) is 5.95. The molecule has 0 aliphatic rings. The van der Waals surface area contributed by atoms with Crippen LogP contribution in [0.1, 0.15) is 5.56 Å². The van der Waals surface area contributed by atoms with Crippen molar-refractivity contribution < 1.29 is 18.3 Å². The Morgan fingerprint density at radius 2 is 1.86 bits per heavy atom. The van der Waals surface area contributed by atoms with Gasteiger partial charge in [-0.05, 0) is 30.3 Å². The fourth-order valence-electron chi connectivity index (χ4n) is 2.11. The second-order valence-electron chi connectivity index (χ2n) is 4.56. The number of rotatable bonds is 1. The molecule has 0 spiro atoms. The molecule has 0 radical (unpaired) electrons. The molecule has 3 N–H and O–H groups in total. The van der Waals surface area contributed by atoms with Gasteiger partial charge in [0.1, 0.15) is 17.0 Å². The summed E-state index contributed by atoms with van der Waals surface area (Å²) >= 11 is 0. The first kappa shape index (κ1) is 14.1. The van der Waals surface area contributed by atoms with Gasteiger partial charge in [0.15, 0.2) is 5.82 Å². The standard InChI is InChI=1S/C14H9F3N4O/c15-14(16,17)7-3-4-8(10(22)6-7)11-9-2-1-5-19-12(9)13(18)21-20-11/h1-6,22H,(H2,18,21). The first-order chi connectivity index (χ1) is 10.4. The Balaban J connectivity index is 2.23. The van der Waals surface area contributed by atoms with Crippen molar-refractivity contribution in [2.75, 3.05) is 5.73 Å². The van der Waals surface area contributed by atoms with Crippen molar-refractivity contribution >= 4 is 16.7 Å². The van der Waals surface area contributed by atoms with Crippen LogP contribution in [-0.2, 0) is 6.18 Å². The van der Waals surface area contributed by atoms with Crippen molar-refractivity contribution in [1.29, 1.82) is 0 Å². The molecule has 5 nitrogen and oxygen atoms in total. The molecule has 0 aliphatic heterocycles. The van der Waals surface area contributed by atoms with Gasteiger partial charge in [-0.1, -0.05) is 0 Å². The number of pyridine rings is 1. The van der Waals surface area contributed by atoms with Crippen molar-refractivity contribution in [2.24, 2.45) is 0 Å². The van der Waals surface area contributed by atoms with E-state index in [4.69, 9.17) is 5.73 Å². The predicted molar refractivity (Wildman–Crippen MR) is 73.8 cm³/mol. The van der Waals surface area contributed by atoms with Gasteiger partial charge in [0.25, 0.3) is 0 Å². The third kappa shape index (κ3) is 2.28. The van der Waals surface area contributed by atoms with Crippen LogP contribution in [0.15, 0.2) is 36.5 Å². The minimum Gasteiger partial charge on any atom is -0.507 e. The summed E-state index contributed by atoms with van der Waals surface area (Å²) in [6.45, 7) is 0. The van der Waals surface area contributed by atoms with E-state index in [1.54, 1.807) is 12.1 Å². The Morgan fingerprint density at radius 1 is 1.09 bits per heavy atom. The van der Waals surface area contributed by atoms with Crippen molar-refractivity contribution in [3.8, 4) is 17.0 Å². The summed E-state index contributed by atoms with van der Waals surface area (Å²) in [5, 5.41) is 18.0. The van der Waals surface area contributed by atoms with Crippen LogP contribution in [-0.4, -0.2) is 20.3 Å². The number of fused-ring (bicyclic) bond motifs is 1. The maximum Gasteiger partial charge on any atom is 0.416 e. The number of anilines is 1. The number of alkyl halides is 3. The zero-order chi connectivity index (χ0) is 15.9. The summed E-state index contributed by atoms with van der Waals surface area (Å²) in [4.78, 5) is 4.06. The number of aromatic hydroxyl groups is 1. The maximum atomic E-state index is 12.6. The molecule has 8 heteroatoms. The molecule has 3 aromatic rings. The Hall–Kier alpha value is -2.90. The molecule has 0 saturated heterocycles. The molecule has 112 valence electrons. The highest BCUT2D eigenvalue weighted by atomic mass is 19.4. The van der Waals surface area contributed by atoms with Crippen LogP contribution in [0, 0.1) is 0 Å². The van der Waals surface area contributed by atoms with Gasteiger partial charge < -0.3 is 10.8 Å². The van der Waals surface area contributed by atoms with Crippen molar-refractivity contribution in [3.63, 3.8) is 0 Å². The molecular weight excluding hydrogens is 297 g/mol. The number of hydrogen-bond acceptors (Lipinski definition) is 5. The summed E-state index contributed by atoms with van der Waals surface area (Å²) in [5.41, 5.74) is 5.43. The van der Waals surface area contributed by atoms with E-state index in [1.165, 1.54) is 6.20 Å². The lowest BCUT2D eigenvalue weighted by Crippen LogP contribution is -2.05. The van der Waals surface area contributed by atoms with E-state index < -0.39 is 17.5 Å². The SMILES string of the molecule is Nc1nnc(-c2ccc(C(F)(F)F)cc2O)c2cccnc12. The van der Waals surface area contributed by atoms with Gasteiger partial charge in [-0.2, -0.15) is 13.2 Å². The summed E-state index contributed by atoms with van der Waals surface area (Å²) in [5.74, 6) is -0.440. The highest BCUT2D eigenvalue weighted by Gasteiger charge is 2.31. The molecular formula is C14H9F3N4O. The van der Waals surface area contributed by atoms with Gasteiger partial charge in [-0.15, -0.1) is 10.2 Å². The Kier molecular flexibility index (Phi) is 3.09. The van der Waals surface area contributed by atoms with Gasteiger partial charge >= 0.3 is 6.18 Å². The number of phenols is 1. The molecule has 2 heterocycles. The lowest BCUT2D eigenvalue weighted by Gasteiger charge is -2.11. The molecule has 3 rings (SSSR count). The minimum atomic E-state index is -4.54. The molecule has 0 amide bonds. The highest BCUT2D eigenvalue weighted by Crippen LogP contribution is 2.37. The van der Waals surface area contributed by atoms with Crippen molar-refractivity contribution in [3.05, 3.63) is 42.1 Å². The zero-order valence-corrected chi connectivity index (χ0v) is 11.0. The summed E-state index contributed by atoms with van der Waals surface area (Å²) in [7, 11) is 0. The molecule has 22 heavy (non-hydrogen) atoms. The van der Waals surface area contributed by atoms with Crippen LogP contribution in [0.5, 0.6) is 5.75 Å². The van der Waals surface area contributed by atoms with E-state index in [0.717, 1.165) is 12.1 Å². The first-order valence-electron chi connectivity index (χ1n) is 6.15. The van der Waals surface area contributed by atoms with Gasteiger partial charge in [-0.3, -0.25) is 4.98 Å². The zero-order valence-electron chi connectivity index (χ0n) is 11.0. The van der Waals surface area contributed by atoms with E-state index >= 15 is 0 Å². The Morgan fingerprint density at radius 3 is 2.55 bits per heavy atom. The lowest BCUT2D eigenvalue weighted by molar-refractivity contribution is -0.137. The van der Waals surface area contributed by atoms with Crippen LogP contribution in [0.2, 0.25) is 0 Å². The Bertz CT molecular complexity index is 864. The quantitative estimate of drug-likeness (QED) is 0.722. The molecule has 0 aliphatic carbocycles. The third-order valence-electron chi connectivity index (χ3n) is 3.14. The molecule has 2 aromatic heterocycles. The fourth-order valence-corrected chi connectivity index (χ4v) is 2.11. The van der Waals surface area contributed by atoms with Crippen LogP contribution in [0.25, 0.3) is 22.2 Å². The predicted octanol–water partition coefficient (Wildman–Crippen LogP) is 3.00. The van der Waals surface area contributed by atoms with E-state index in [-0.39, 0.29) is 17.1 Å². The lowest BCUT2D eigenvalue weighted by atomic mass is 10.0. The summed E-state index contributed by atoms with van der Waals surface area (Å²) in [6.07, 6.45) is -3.02. The average molecular weight is 306 g/mol. The number of nitrogen functional groups attached to an aromatic ring is 1. The van der Waals surface area contributed by atoms with Crippen LogP contribution in [0.3, 0.4) is 0 Å². The average Bonchev–Trinajstić information content (AvgIpc) is 2.47. The van der Waals surface area contributed by atoms with Crippen molar-refractivity contribution in [2.45, 2.75) is 6.18 Å². The van der Waals surface area contributed by atoms with Crippen LogP contribution < -0.4 is 5.73 Å². The van der Waals surface area contributed by atoms with E-state index in [2.05, 4.69) is 15.2 Å². The number of aromatic nitrogens is 3. The minimum absolute atomic E-state index is 0.103. The molecule has 1 aromatic carbocycles. The second-order valence-corrected chi connectivity index (χ2v) is 4.56. The number of nitrogens with zero attached hydrogens (tertiary/aromatic N) is 3. The molecule has 0 bridgehead atoms. The molecule has 0 atom stereocenters. The monoisotopic (exact) mass is 306 g/mol. The number of benzene rings is 1. The van der Waals surface area contributed by atoms with E-state index in [1.807, 2.05) is 0 Å². The third-order valence-corrected chi connectivity index (χ3v) is 3.14. The fraction of sp³-hybridized carbons (Fsp3) is 0.0714. The smallest absolute Gasteiger partial charge is 0.416 e. The van der Waals surface area contributed by atoms with E-state index in [9.17, 15) is 18.3 Å². The Labute approximate surface area is 122 Å². The topological polar surface area (TPSA) is 84.9 Å². The van der Waals surface area contributed by atoms with Crippen LogP contribution >= 0.6 is 0 Å². The number of phenolic OH excluding ortho intramolecular Hbond substituents is 1. The molecule has 0 unspecified atom stereocenters. The van der Waals surface area contributed by atoms with Gasteiger partial charge in [-0.25, -0.2) is 0 Å². The maximum absolute atomic E-state index is 12.6. The van der Waals surface area contributed by atoms with Gasteiger partial charge in [0.05, 0.1) is 5.56 Å². The molecule has 0 saturated carbocycles. The van der Waals surface area contributed by atoms with Gasteiger partial charge in [0.2, 0.25) is 0 Å². The number of nitrogens with two attached hydrogens (primary N) is 1. The normalized spacial score (nSPS) is 11.8. The highest BCUT2D eigenvalue weighted by molar-refractivity contribution is 5.97. The molecule has 0 fully saturated rings. The van der Waals surface area contributed by atoms with Gasteiger partial charge in [0, 0.05) is 17.1 Å². The first-order valence-corrected chi connectivity index (χ1v) is 6.15. The summed E-state index contributed by atoms with van der Waals surface area (Å²) < 4.78 is 37.9.